The molecule has 8 nitrogen and oxygen atoms in total. The number of nitrogens with two attached hydrogens (primary N) is 1. The van der Waals surface area contributed by atoms with Gasteiger partial charge in [0.05, 0.1) is 18.9 Å². The maximum absolute atomic E-state index is 5.88. The van der Waals surface area contributed by atoms with Crippen molar-refractivity contribution in [3.05, 3.63) is 53.9 Å². The number of aromatic amines is 1. The minimum atomic E-state index is 0.525. The Bertz CT molecular complexity index is 994. The Hall–Kier alpha value is -3.10. The summed E-state index contributed by atoms with van der Waals surface area (Å²) >= 11 is 0. The summed E-state index contributed by atoms with van der Waals surface area (Å²) in [6.07, 6.45) is 1.92. The third-order valence-electron chi connectivity index (χ3n) is 4.98. The first-order valence-electron chi connectivity index (χ1n) is 9.77. The minimum Gasteiger partial charge on any atom is -0.476 e. The molecule has 0 radical (unpaired) electrons. The molecule has 2 aromatic heterocycles. The van der Waals surface area contributed by atoms with Gasteiger partial charge in [-0.2, -0.15) is 5.10 Å². The fourth-order valence-corrected chi connectivity index (χ4v) is 3.49. The Balaban J connectivity index is 1.74. The average Bonchev–Trinajstić information content (AvgIpc) is 3.19. The van der Waals surface area contributed by atoms with Crippen LogP contribution in [0.3, 0.4) is 0 Å². The Morgan fingerprint density at radius 3 is 2.93 bits per heavy atom. The number of aromatic nitrogens is 2. The van der Waals surface area contributed by atoms with Crippen molar-refractivity contribution < 1.29 is 9.47 Å². The highest BCUT2D eigenvalue weighted by Gasteiger charge is 2.19. The van der Waals surface area contributed by atoms with E-state index in [1.807, 2.05) is 49.6 Å². The Morgan fingerprint density at radius 2 is 2.14 bits per heavy atom. The molecule has 1 aromatic carbocycles. The fraction of sp³-hybridized carbons (Fsp3) is 0.333. The van der Waals surface area contributed by atoms with Gasteiger partial charge >= 0.3 is 0 Å². The van der Waals surface area contributed by atoms with E-state index in [0.717, 1.165) is 41.8 Å². The monoisotopic (exact) mass is 394 g/mol. The number of benzene rings is 1. The number of fused-ring (bicyclic) bond motifs is 1. The average molecular weight is 394 g/mol. The molecule has 0 unspecified atom stereocenters. The highest BCUT2D eigenvalue weighted by Crippen LogP contribution is 2.26. The van der Waals surface area contributed by atoms with Crippen LogP contribution in [0.2, 0.25) is 0 Å². The quantitative estimate of drug-likeness (QED) is 0.244. The van der Waals surface area contributed by atoms with Gasteiger partial charge in [-0.15, -0.1) is 0 Å². The lowest BCUT2D eigenvalue weighted by Gasteiger charge is -2.29. The van der Waals surface area contributed by atoms with Gasteiger partial charge in [0.15, 0.2) is 0 Å². The van der Waals surface area contributed by atoms with Crippen molar-refractivity contribution in [2.24, 2.45) is 10.9 Å². The summed E-state index contributed by atoms with van der Waals surface area (Å²) in [7, 11) is 1.89. The molecule has 1 saturated heterocycles. The van der Waals surface area contributed by atoms with Crippen molar-refractivity contribution in [3.63, 3.8) is 0 Å². The molecule has 29 heavy (non-hydrogen) atoms. The third kappa shape index (κ3) is 4.18. The lowest BCUT2D eigenvalue weighted by Crippen LogP contribution is -2.36. The molecule has 0 aliphatic carbocycles. The molecule has 1 fully saturated rings. The van der Waals surface area contributed by atoms with Gasteiger partial charge in [-0.25, -0.2) is 4.98 Å². The van der Waals surface area contributed by atoms with Crippen LogP contribution in [-0.2, 0) is 4.74 Å². The number of rotatable bonds is 7. The maximum atomic E-state index is 5.88. The van der Waals surface area contributed by atoms with Gasteiger partial charge in [-0.3, -0.25) is 0 Å². The number of hydrogen-bond donors (Lipinski definition) is 3. The van der Waals surface area contributed by atoms with Crippen LogP contribution < -0.4 is 20.8 Å². The van der Waals surface area contributed by atoms with E-state index < -0.39 is 0 Å². The van der Waals surface area contributed by atoms with Crippen LogP contribution in [0.5, 0.6) is 5.88 Å². The van der Waals surface area contributed by atoms with Crippen molar-refractivity contribution in [2.45, 2.75) is 0 Å². The zero-order valence-electron chi connectivity index (χ0n) is 16.5. The summed E-state index contributed by atoms with van der Waals surface area (Å²) in [4.78, 5) is 10.2. The number of pyridine rings is 1. The third-order valence-corrected chi connectivity index (χ3v) is 4.98. The van der Waals surface area contributed by atoms with Gasteiger partial charge in [-0.05, 0) is 19.2 Å². The van der Waals surface area contributed by atoms with Gasteiger partial charge in [0.25, 0.3) is 0 Å². The van der Waals surface area contributed by atoms with Crippen LogP contribution in [0, 0.1) is 0 Å². The van der Waals surface area contributed by atoms with Crippen LogP contribution in [0.25, 0.3) is 10.9 Å². The van der Waals surface area contributed by atoms with E-state index in [1.165, 1.54) is 0 Å². The van der Waals surface area contributed by atoms with E-state index in [1.54, 1.807) is 0 Å². The molecule has 4 N–H and O–H groups in total. The molecular weight excluding hydrogens is 368 g/mol. The molecule has 8 heteroatoms. The van der Waals surface area contributed by atoms with E-state index in [4.69, 9.17) is 20.3 Å². The first kappa shape index (κ1) is 19.2. The van der Waals surface area contributed by atoms with Gasteiger partial charge in [-0.1, -0.05) is 18.2 Å². The number of para-hydroxylation sites is 1. The number of H-pyrrole nitrogens is 1. The molecular formula is C21H26N6O2. The van der Waals surface area contributed by atoms with E-state index in [2.05, 4.69) is 20.3 Å². The summed E-state index contributed by atoms with van der Waals surface area (Å²) in [5.41, 5.74) is 4.27. The zero-order valence-corrected chi connectivity index (χ0v) is 16.5. The molecule has 0 saturated carbocycles. The van der Waals surface area contributed by atoms with E-state index in [-0.39, 0.29) is 0 Å². The number of nitrogens with one attached hydrogen (secondary N) is 2. The predicted octanol–water partition coefficient (Wildman–Crippen LogP) is 1.71. The summed E-state index contributed by atoms with van der Waals surface area (Å²) in [6, 6.07) is 12.0. The van der Waals surface area contributed by atoms with Crippen molar-refractivity contribution in [2.75, 3.05) is 51.4 Å². The fourth-order valence-electron chi connectivity index (χ4n) is 3.49. The summed E-state index contributed by atoms with van der Waals surface area (Å²) in [6.45, 7) is 4.31. The number of hydrogen-bond acceptors (Lipinski definition) is 7. The molecule has 1 aliphatic heterocycles. The first-order valence-corrected chi connectivity index (χ1v) is 9.77. The first-order chi connectivity index (χ1) is 14.3. The maximum Gasteiger partial charge on any atom is 0.215 e. The topological polar surface area (TPSA) is 101 Å². The SMILES string of the molecule is CNCCOc1cc(N2CCOCC2)cc(/C(=N\N)c2c[nH]c3ccccc23)n1. The molecule has 0 bridgehead atoms. The van der Waals surface area contributed by atoms with Gasteiger partial charge in [0.1, 0.15) is 12.3 Å². The Labute approximate surface area is 169 Å². The van der Waals surface area contributed by atoms with E-state index in [0.29, 0.717) is 37.1 Å². The molecule has 152 valence electrons. The molecule has 0 amide bonds. The van der Waals surface area contributed by atoms with Crippen LogP contribution in [0.4, 0.5) is 5.69 Å². The second kappa shape index (κ2) is 8.93. The molecule has 3 heterocycles. The van der Waals surface area contributed by atoms with Crippen molar-refractivity contribution in [1.82, 2.24) is 15.3 Å². The summed E-state index contributed by atoms with van der Waals surface area (Å²) in [5, 5.41) is 8.23. The van der Waals surface area contributed by atoms with E-state index >= 15 is 0 Å². The minimum absolute atomic E-state index is 0.525. The van der Waals surface area contributed by atoms with E-state index in [9.17, 15) is 0 Å². The van der Waals surface area contributed by atoms with Gasteiger partial charge in [0.2, 0.25) is 5.88 Å². The number of nitrogens with zero attached hydrogens (tertiary/aromatic N) is 3. The Kier molecular flexibility index (Phi) is 5.92. The van der Waals surface area contributed by atoms with Crippen LogP contribution in [0.1, 0.15) is 11.3 Å². The second-order valence-electron chi connectivity index (χ2n) is 6.83. The number of morpholine rings is 1. The van der Waals surface area contributed by atoms with Crippen LogP contribution in [-0.4, -0.2) is 62.2 Å². The van der Waals surface area contributed by atoms with Crippen molar-refractivity contribution in [1.29, 1.82) is 0 Å². The highest BCUT2D eigenvalue weighted by atomic mass is 16.5. The van der Waals surface area contributed by atoms with Crippen molar-refractivity contribution in [3.8, 4) is 5.88 Å². The number of anilines is 1. The number of hydrazone groups is 1. The predicted molar refractivity (Wildman–Crippen MR) is 115 cm³/mol. The molecule has 3 aromatic rings. The number of ether oxygens (including phenoxy) is 2. The van der Waals surface area contributed by atoms with Crippen molar-refractivity contribution >= 4 is 22.3 Å². The summed E-state index contributed by atoms with van der Waals surface area (Å²) < 4.78 is 11.4. The largest absolute Gasteiger partial charge is 0.476 e. The molecule has 4 rings (SSSR count). The summed E-state index contributed by atoms with van der Waals surface area (Å²) in [5.74, 6) is 6.39. The standard InChI is InChI=1S/C21H26N6O2/c1-23-6-9-29-20-13-15(27-7-10-28-11-8-27)12-19(25-20)21(26-22)17-14-24-18-5-3-2-4-16(17)18/h2-5,12-14,23-24H,6-11,22H2,1H3/b26-21-. The second-order valence-corrected chi connectivity index (χ2v) is 6.83. The van der Waals surface area contributed by atoms with Crippen LogP contribution >= 0.6 is 0 Å². The van der Waals surface area contributed by atoms with Gasteiger partial charge in [0, 0.05) is 54.1 Å². The zero-order chi connectivity index (χ0) is 20.1. The van der Waals surface area contributed by atoms with Gasteiger partial charge < -0.3 is 30.5 Å². The normalized spacial score (nSPS) is 15.1. The lowest BCUT2D eigenvalue weighted by molar-refractivity contribution is 0.122. The molecule has 0 spiro atoms. The van der Waals surface area contributed by atoms with Crippen LogP contribution in [0.15, 0.2) is 47.7 Å². The lowest BCUT2D eigenvalue weighted by atomic mass is 10.1. The smallest absolute Gasteiger partial charge is 0.215 e. The molecule has 0 atom stereocenters. The number of likely N-dealkylation sites (N-methyl/N-ethyl adjacent to an activating group) is 1. The highest BCUT2D eigenvalue weighted by molar-refractivity contribution is 6.18. The molecule has 1 aliphatic rings. The Morgan fingerprint density at radius 1 is 1.31 bits per heavy atom.